The summed E-state index contributed by atoms with van der Waals surface area (Å²) in [6.45, 7) is 0.133. The zero-order valence-electron chi connectivity index (χ0n) is 12.1. The highest BCUT2D eigenvalue weighted by molar-refractivity contribution is 5.59. The molecule has 0 saturated heterocycles. The van der Waals surface area contributed by atoms with Crippen molar-refractivity contribution in [2.45, 2.75) is 5.92 Å². The van der Waals surface area contributed by atoms with Crippen molar-refractivity contribution in [1.29, 1.82) is 0 Å². The normalized spacial score (nSPS) is 12.3. The van der Waals surface area contributed by atoms with Crippen LogP contribution in [-0.4, -0.2) is 16.7 Å². The molecule has 3 N–H and O–H groups in total. The smallest absolute Gasteiger partial charge is 0.130 e. The molecule has 0 radical (unpaired) electrons. The van der Waals surface area contributed by atoms with Gasteiger partial charge in [0.1, 0.15) is 17.5 Å². The molecule has 6 heteroatoms. The lowest BCUT2D eigenvalue weighted by molar-refractivity contribution is 0.563. The lowest BCUT2D eigenvalue weighted by Crippen LogP contribution is -2.15. The number of hydrogen-bond acceptors (Lipinski definition) is 2. The average Bonchev–Trinajstić information content (AvgIpc) is 3.00. The molecule has 1 unspecified atom stereocenters. The van der Waals surface area contributed by atoms with Crippen molar-refractivity contribution in [2.24, 2.45) is 5.73 Å². The van der Waals surface area contributed by atoms with Gasteiger partial charge in [0.25, 0.3) is 0 Å². The van der Waals surface area contributed by atoms with Gasteiger partial charge in [0.15, 0.2) is 0 Å². The van der Waals surface area contributed by atoms with Crippen molar-refractivity contribution in [2.75, 3.05) is 6.54 Å². The van der Waals surface area contributed by atoms with Gasteiger partial charge in [-0.2, -0.15) is 5.10 Å². The van der Waals surface area contributed by atoms with Gasteiger partial charge >= 0.3 is 0 Å². The molecule has 0 fully saturated rings. The molecule has 2 aromatic carbocycles. The van der Waals surface area contributed by atoms with Gasteiger partial charge in [0.2, 0.25) is 0 Å². The van der Waals surface area contributed by atoms with Crippen molar-refractivity contribution in [1.82, 2.24) is 10.2 Å². The van der Waals surface area contributed by atoms with E-state index >= 15 is 0 Å². The number of hydrogen-bond donors (Lipinski definition) is 2. The molecule has 1 atom stereocenters. The average molecular weight is 317 g/mol. The van der Waals surface area contributed by atoms with E-state index in [-0.39, 0.29) is 12.4 Å². The Morgan fingerprint density at radius 1 is 0.957 bits per heavy atom. The number of aromatic amines is 1. The molecule has 3 aromatic rings. The van der Waals surface area contributed by atoms with E-state index in [0.29, 0.717) is 17.0 Å². The number of aromatic nitrogens is 2. The third-order valence-electron chi connectivity index (χ3n) is 3.69. The predicted octanol–water partition coefficient (Wildman–Crippen LogP) is 3.58. The van der Waals surface area contributed by atoms with Crippen LogP contribution >= 0.6 is 0 Å². The fourth-order valence-electron chi connectivity index (χ4n) is 2.49. The molecule has 0 spiro atoms. The van der Waals surface area contributed by atoms with Gasteiger partial charge in [-0.15, -0.1) is 0 Å². The molecule has 0 bridgehead atoms. The number of benzene rings is 2. The van der Waals surface area contributed by atoms with Crippen molar-refractivity contribution in [3.63, 3.8) is 0 Å². The molecular weight excluding hydrogens is 303 g/mol. The van der Waals surface area contributed by atoms with E-state index < -0.39 is 17.6 Å². The first kappa shape index (κ1) is 15.3. The van der Waals surface area contributed by atoms with E-state index in [4.69, 9.17) is 5.73 Å². The maximum atomic E-state index is 14.0. The standard InChI is InChI=1S/C17H14F3N3/c18-11-3-1-10(2-4-11)16-8-17(23-22-16)14(9-21)13-6-5-12(19)7-15(13)20/h1-8,14H,9,21H2,(H,22,23). The monoisotopic (exact) mass is 317 g/mol. The van der Waals surface area contributed by atoms with Crippen LogP contribution in [0.2, 0.25) is 0 Å². The minimum absolute atomic E-state index is 0.133. The summed E-state index contributed by atoms with van der Waals surface area (Å²) in [5.41, 5.74) is 7.98. The van der Waals surface area contributed by atoms with E-state index in [0.717, 1.165) is 11.6 Å². The lowest BCUT2D eigenvalue weighted by Gasteiger charge is -2.14. The number of nitrogens with one attached hydrogen (secondary N) is 1. The summed E-state index contributed by atoms with van der Waals surface area (Å²) in [6, 6.07) is 11.0. The van der Waals surface area contributed by atoms with Crippen molar-refractivity contribution >= 4 is 0 Å². The van der Waals surface area contributed by atoms with Crippen LogP contribution in [0.25, 0.3) is 11.3 Å². The second-order valence-corrected chi connectivity index (χ2v) is 5.17. The second kappa shape index (κ2) is 6.26. The van der Waals surface area contributed by atoms with E-state index in [9.17, 15) is 13.2 Å². The van der Waals surface area contributed by atoms with E-state index in [2.05, 4.69) is 10.2 Å². The molecule has 1 heterocycles. The van der Waals surface area contributed by atoms with Crippen LogP contribution in [0.5, 0.6) is 0 Å². The highest BCUT2D eigenvalue weighted by atomic mass is 19.1. The number of nitrogens with two attached hydrogens (primary N) is 1. The van der Waals surface area contributed by atoms with E-state index in [1.165, 1.54) is 24.3 Å². The Labute approximate surface area is 131 Å². The van der Waals surface area contributed by atoms with Gasteiger partial charge in [-0.05, 0) is 42.0 Å². The fraction of sp³-hybridized carbons (Fsp3) is 0.118. The lowest BCUT2D eigenvalue weighted by atomic mass is 9.94. The van der Waals surface area contributed by atoms with Crippen LogP contribution in [0.1, 0.15) is 17.2 Å². The third kappa shape index (κ3) is 3.12. The van der Waals surface area contributed by atoms with Crippen LogP contribution in [0, 0.1) is 17.5 Å². The molecule has 0 amide bonds. The van der Waals surface area contributed by atoms with Gasteiger partial charge in [0.05, 0.1) is 5.69 Å². The second-order valence-electron chi connectivity index (χ2n) is 5.17. The molecule has 0 aliphatic heterocycles. The SMILES string of the molecule is NCC(c1cc(-c2ccc(F)cc2)n[nH]1)c1ccc(F)cc1F. The van der Waals surface area contributed by atoms with E-state index in [1.807, 2.05) is 0 Å². The van der Waals surface area contributed by atoms with Crippen LogP contribution in [0.15, 0.2) is 48.5 Å². The molecule has 0 saturated carbocycles. The van der Waals surface area contributed by atoms with Gasteiger partial charge in [-0.1, -0.05) is 6.07 Å². The molecular formula is C17H14F3N3. The van der Waals surface area contributed by atoms with Crippen LogP contribution in [0.4, 0.5) is 13.2 Å². The van der Waals surface area contributed by atoms with Gasteiger partial charge in [-0.25, -0.2) is 13.2 Å². The highest BCUT2D eigenvalue weighted by Crippen LogP contribution is 2.28. The minimum Gasteiger partial charge on any atom is -0.329 e. The maximum absolute atomic E-state index is 14.0. The topological polar surface area (TPSA) is 54.7 Å². The first-order valence-electron chi connectivity index (χ1n) is 7.04. The predicted molar refractivity (Wildman–Crippen MR) is 81.2 cm³/mol. The van der Waals surface area contributed by atoms with Crippen molar-refractivity contribution < 1.29 is 13.2 Å². The summed E-state index contributed by atoms with van der Waals surface area (Å²) in [7, 11) is 0. The molecule has 0 aliphatic rings. The summed E-state index contributed by atoms with van der Waals surface area (Å²) in [5, 5.41) is 6.98. The Morgan fingerprint density at radius 2 is 1.65 bits per heavy atom. The third-order valence-corrected chi connectivity index (χ3v) is 3.69. The van der Waals surface area contributed by atoms with Crippen LogP contribution < -0.4 is 5.73 Å². The van der Waals surface area contributed by atoms with Crippen LogP contribution in [0.3, 0.4) is 0 Å². The number of nitrogens with zero attached hydrogens (tertiary/aromatic N) is 1. The summed E-state index contributed by atoms with van der Waals surface area (Å²) < 4.78 is 40.0. The molecule has 118 valence electrons. The summed E-state index contributed by atoms with van der Waals surface area (Å²) in [6.07, 6.45) is 0. The van der Waals surface area contributed by atoms with Crippen molar-refractivity contribution in [3.05, 3.63) is 77.2 Å². The Morgan fingerprint density at radius 3 is 2.30 bits per heavy atom. The first-order valence-corrected chi connectivity index (χ1v) is 7.04. The fourth-order valence-corrected chi connectivity index (χ4v) is 2.49. The summed E-state index contributed by atoms with van der Waals surface area (Å²) >= 11 is 0. The Kier molecular flexibility index (Phi) is 4.16. The highest BCUT2D eigenvalue weighted by Gasteiger charge is 2.19. The Bertz CT molecular complexity index is 812. The zero-order valence-corrected chi connectivity index (χ0v) is 12.1. The van der Waals surface area contributed by atoms with Gasteiger partial charge in [0, 0.05) is 29.8 Å². The maximum Gasteiger partial charge on any atom is 0.130 e. The number of halogens is 3. The molecule has 3 rings (SSSR count). The van der Waals surface area contributed by atoms with Gasteiger partial charge in [-0.3, -0.25) is 5.10 Å². The minimum atomic E-state index is -0.654. The molecule has 23 heavy (non-hydrogen) atoms. The van der Waals surface area contributed by atoms with E-state index in [1.54, 1.807) is 18.2 Å². The first-order chi connectivity index (χ1) is 11.1. The molecule has 3 nitrogen and oxygen atoms in total. The molecule has 0 aliphatic carbocycles. The van der Waals surface area contributed by atoms with Gasteiger partial charge < -0.3 is 5.73 Å². The summed E-state index contributed by atoms with van der Waals surface area (Å²) in [4.78, 5) is 0. The Hall–Kier alpha value is -2.60. The quantitative estimate of drug-likeness (QED) is 0.773. The zero-order chi connectivity index (χ0) is 16.4. The number of rotatable bonds is 4. The summed E-state index contributed by atoms with van der Waals surface area (Å²) in [5.74, 6) is -2.10. The van der Waals surface area contributed by atoms with Crippen molar-refractivity contribution in [3.8, 4) is 11.3 Å². The largest absolute Gasteiger partial charge is 0.329 e. The van der Waals surface area contributed by atoms with Crippen LogP contribution in [-0.2, 0) is 0 Å². The molecule has 1 aromatic heterocycles. The Balaban J connectivity index is 1.95. The number of H-pyrrole nitrogens is 1.